The van der Waals surface area contributed by atoms with Crippen LogP contribution in [0, 0.1) is 6.92 Å². The molecule has 8 nitrogen and oxygen atoms in total. The van der Waals surface area contributed by atoms with Crippen molar-refractivity contribution < 1.29 is 23.5 Å². The van der Waals surface area contributed by atoms with Crippen molar-refractivity contribution in [2.45, 2.75) is 19.9 Å². The summed E-state index contributed by atoms with van der Waals surface area (Å²) in [6, 6.07) is 3.75. The van der Waals surface area contributed by atoms with Gasteiger partial charge in [-0.1, -0.05) is 11.6 Å². The first-order valence-corrected chi connectivity index (χ1v) is 8.38. The van der Waals surface area contributed by atoms with Gasteiger partial charge in [0, 0.05) is 12.8 Å². The van der Waals surface area contributed by atoms with Crippen LogP contribution in [0.4, 0.5) is 4.79 Å². The van der Waals surface area contributed by atoms with E-state index in [1.54, 1.807) is 19.1 Å². The molecule has 0 fully saturated rings. The van der Waals surface area contributed by atoms with E-state index >= 15 is 0 Å². The van der Waals surface area contributed by atoms with Crippen LogP contribution < -0.4 is 16.1 Å². The normalized spacial score (nSPS) is 16.9. The van der Waals surface area contributed by atoms with Crippen LogP contribution in [0.3, 0.4) is 0 Å². The van der Waals surface area contributed by atoms with Crippen LogP contribution in [0.2, 0.25) is 0 Å². The number of benzene rings is 1. The average Bonchev–Trinajstić information content (AvgIpc) is 2.62. The lowest BCUT2D eigenvalue weighted by Crippen LogP contribution is -2.46. The Hall–Kier alpha value is -3.13. The number of ether oxygens (including phenoxy) is 2. The molecule has 1 aliphatic rings. The summed E-state index contributed by atoms with van der Waals surface area (Å²) in [5, 5.41) is 5.52. The minimum atomic E-state index is -0.977. The number of rotatable bonds is 5. The van der Waals surface area contributed by atoms with E-state index in [0.717, 1.165) is 5.56 Å². The van der Waals surface area contributed by atoms with Gasteiger partial charge in [-0.15, -0.1) is 0 Å². The molecule has 1 aromatic heterocycles. The summed E-state index contributed by atoms with van der Waals surface area (Å²) >= 11 is 0. The first-order valence-electron chi connectivity index (χ1n) is 8.38. The fourth-order valence-corrected chi connectivity index (χ4v) is 2.95. The van der Waals surface area contributed by atoms with Crippen molar-refractivity contribution in [3.63, 3.8) is 0 Å². The van der Waals surface area contributed by atoms with Crippen LogP contribution in [-0.4, -0.2) is 32.3 Å². The van der Waals surface area contributed by atoms with Crippen LogP contribution in [0.25, 0.3) is 11.0 Å². The predicted molar refractivity (Wildman–Crippen MR) is 97.2 cm³/mol. The molecule has 2 amide bonds. The van der Waals surface area contributed by atoms with Crippen molar-refractivity contribution >= 4 is 23.0 Å². The van der Waals surface area contributed by atoms with Crippen LogP contribution in [-0.2, 0) is 14.3 Å². The highest BCUT2D eigenvalue weighted by atomic mass is 16.6. The molecule has 1 aliphatic heterocycles. The largest absolute Gasteiger partial charge is 0.464 e. The molecule has 0 saturated carbocycles. The number of fused-ring (bicyclic) bond motifs is 1. The molecule has 2 heterocycles. The number of nitrogens with one attached hydrogen (secondary N) is 2. The summed E-state index contributed by atoms with van der Waals surface area (Å²) in [7, 11) is 1.49. The van der Waals surface area contributed by atoms with Crippen LogP contribution >= 0.6 is 0 Å². The maximum absolute atomic E-state index is 13.0. The number of carbonyl (C=O) groups excluding carboxylic acids is 2. The zero-order valence-electron chi connectivity index (χ0n) is 15.3. The fraction of sp³-hybridized carbons (Fsp3) is 0.316. The molecular formula is C19H20N2O6. The fourth-order valence-electron chi connectivity index (χ4n) is 2.95. The second-order valence-corrected chi connectivity index (χ2v) is 6.22. The summed E-state index contributed by atoms with van der Waals surface area (Å²) in [4.78, 5) is 37.5. The minimum absolute atomic E-state index is 0.0539. The number of allylic oxidation sites excluding steroid dienone is 1. The summed E-state index contributed by atoms with van der Waals surface area (Å²) in [6.07, 6.45) is 1.27. The first-order chi connectivity index (χ1) is 12.9. The Kier molecular flexibility index (Phi) is 5.27. The van der Waals surface area contributed by atoms with Crippen LogP contribution in [0.15, 0.2) is 44.9 Å². The Balaban J connectivity index is 2.07. The second-order valence-electron chi connectivity index (χ2n) is 6.22. The number of aryl methyl sites for hydroxylation is 1. The third-order valence-electron chi connectivity index (χ3n) is 4.28. The van der Waals surface area contributed by atoms with E-state index in [1.165, 1.54) is 13.4 Å². The number of amides is 2. The lowest BCUT2D eigenvalue weighted by Gasteiger charge is -2.27. The molecule has 2 aromatic rings. The van der Waals surface area contributed by atoms with Gasteiger partial charge in [0.05, 0.1) is 29.2 Å². The molecule has 142 valence electrons. The van der Waals surface area contributed by atoms with E-state index in [-0.39, 0.29) is 29.8 Å². The van der Waals surface area contributed by atoms with Gasteiger partial charge in [0.25, 0.3) is 0 Å². The summed E-state index contributed by atoms with van der Waals surface area (Å²) < 4.78 is 15.6. The van der Waals surface area contributed by atoms with E-state index in [4.69, 9.17) is 13.9 Å². The Labute approximate surface area is 155 Å². The van der Waals surface area contributed by atoms with Gasteiger partial charge in [-0.25, -0.2) is 9.59 Å². The predicted octanol–water partition coefficient (Wildman–Crippen LogP) is 1.92. The third-order valence-corrected chi connectivity index (χ3v) is 4.28. The molecule has 0 bridgehead atoms. The summed E-state index contributed by atoms with van der Waals surface area (Å²) in [6.45, 7) is 3.73. The van der Waals surface area contributed by atoms with E-state index < -0.39 is 18.0 Å². The second kappa shape index (κ2) is 7.63. The first kappa shape index (κ1) is 18.7. The summed E-state index contributed by atoms with van der Waals surface area (Å²) in [5.74, 6) is -0.647. The number of urea groups is 1. The lowest BCUT2D eigenvalue weighted by molar-refractivity contribution is -0.140. The smallest absolute Gasteiger partial charge is 0.338 e. The Bertz CT molecular complexity index is 991. The zero-order chi connectivity index (χ0) is 19.6. The molecule has 0 radical (unpaired) electrons. The number of esters is 1. The van der Waals surface area contributed by atoms with Gasteiger partial charge >= 0.3 is 12.0 Å². The van der Waals surface area contributed by atoms with E-state index in [1.807, 2.05) is 13.0 Å². The maximum Gasteiger partial charge on any atom is 0.338 e. The van der Waals surface area contributed by atoms with Gasteiger partial charge in [-0.2, -0.15) is 0 Å². The molecule has 0 aliphatic carbocycles. The molecule has 1 atom stereocenters. The zero-order valence-corrected chi connectivity index (χ0v) is 15.3. The highest BCUT2D eigenvalue weighted by Gasteiger charge is 2.34. The Morgan fingerprint density at radius 1 is 1.22 bits per heavy atom. The quantitative estimate of drug-likeness (QED) is 0.613. The van der Waals surface area contributed by atoms with Crippen molar-refractivity contribution in [1.82, 2.24) is 10.6 Å². The Morgan fingerprint density at radius 3 is 2.74 bits per heavy atom. The SMILES string of the molecule is COCCOC(=O)C1=C(C)NC(=O)NC1c1coc2ccc(C)cc2c1=O. The van der Waals surface area contributed by atoms with Crippen molar-refractivity contribution in [2.24, 2.45) is 0 Å². The number of methoxy groups -OCH3 is 1. The Morgan fingerprint density at radius 2 is 2.00 bits per heavy atom. The minimum Gasteiger partial charge on any atom is -0.464 e. The molecule has 0 saturated heterocycles. The van der Waals surface area contributed by atoms with Gasteiger partial charge in [0.15, 0.2) is 5.43 Å². The van der Waals surface area contributed by atoms with E-state index in [0.29, 0.717) is 16.7 Å². The number of carbonyl (C=O) groups is 2. The van der Waals surface area contributed by atoms with E-state index in [9.17, 15) is 14.4 Å². The number of hydrogen-bond acceptors (Lipinski definition) is 6. The van der Waals surface area contributed by atoms with Gasteiger partial charge < -0.3 is 24.5 Å². The number of hydrogen-bond donors (Lipinski definition) is 2. The third kappa shape index (κ3) is 3.70. The van der Waals surface area contributed by atoms with Gasteiger partial charge in [0.1, 0.15) is 18.5 Å². The monoisotopic (exact) mass is 372 g/mol. The highest BCUT2D eigenvalue weighted by Crippen LogP contribution is 2.27. The average molecular weight is 372 g/mol. The van der Waals surface area contributed by atoms with Gasteiger partial charge in [-0.05, 0) is 26.0 Å². The highest BCUT2D eigenvalue weighted by molar-refractivity contribution is 5.95. The molecule has 8 heteroatoms. The van der Waals surface area contributed by atoms with Crippen molar-refractivity contribution in [3.8, 4) is 0 Å². The van der Waals surface area contributed by atoms with Crippen LogP contribution in [0.5, 0.6) is 0 Å². The van der Waals surface area contributed by atoms with Gasteiger partial charge in [-0.3, -0.25) is 4.79 Å². The maximum atomic E-state index is 13.0. The molecular weight excluding hydrogens is 352 g/mol. The van der Waals surface area contributed by atoms with Crippen molar-refractivity contribution in [2.75, 3.05) is 20.3 Å². The van der Waals surface area contributed by atoms with E-state index in [2.05, 4.69) is 10.6 Å². The molecule has 1 unspecified atom stereocenters. The molecule has 3 rings (SSSR count). The molecule has 1 aromatic carbocycles. The summed E-state index contributed by atoms with van der Waals surface area (Å²) in [5.41, 5.74) is 1.62. The molecule has 0 spiro atoms. The van der Waals surface area contributed by atoms with Crippen LogP contribution in [0.1, 0.15) is 24.1 Å². The molecule has 2 N–H and O–H groups in total. The lowest BCUT2D eigenvalue weighted by atomic mass is 9.95. The topological polar surface area (TPSA) is 107 Å². The van der Waals surface area contributed by atoms with Crippen molar-refractivity contribution in [1.29, 1.82) is 0 Å². The molecule has 27 heavy (non-hydrogen) atoms. The standard InChI is InChI=1S/C19H20N2O6/c1-10-4-5-14-12(8-10)17(22)13(9-27-14)16-15(11(2)20-19(24)21-16)18(23)26-7-6-25-3/h4-5,8-9,16H,6-7H2,1-3H3,(H2,20,21,24). The van der Waals surface area contributed by atoms with Crippen molar-refractivity contribution in [3.05, 3.63) is 57.1 Å². The van der Waals surface area contributed by atoms with Gasteiger partial charge in [0.2, 0.25) is 0 Å².